The van der Waals surface area contributed by atoms with Gasteiger partial charge in [0.1, 0.15) is 5.82 Å². The van der Waals surface area contributed by atoms with Crippen LogP contribution < -0.4 is 5.56 Å². The van der Waals surface area contributed by atoms with Crippen molar-refractivity contribution in [2.45, 2.75) is 18.6 Å². The molecule has 1 aromatic carbocycles. The first-order chi connectivity index (χ1) is 15.0. The van der Waals surface area contributed by atoms with Crippen molar-refractivity contribution >= 4 is 5.91 Å². The molecule has 3 aliphatic heterocycles. The molecule has 1 amide bonds. The first kappa shape index (κ1) is 20.4. The van der Waals surface area contributed by atoms with Crippen LogP contribution in [0.25, 0.3) is 11.1 Å². The third-order valence-corrected chi connectivity index (χ3v) is 7.09. The number of nitrogens with zero attached hydrogens (tertiary/aromatic N) is 3. The van der Waals surface area contributed by atoms with Crippen LogP contribution in [0.15, 0.2) is 41.2 Å². The number of carbonyl (C=O) groups is 1. The van der Waals surface area contributed by atoms with Crippen LogP contribution in [0.3, 0.4) is 0 Å². The highest BCUT2D eigenvalue weighted by Crippen LogP contribution is 2.48. The van der Waals surface area contributed by atoms with E-state index in [4.69, 9.17) is 4.74 Å². The van der Waals surface area contributed by atoms with Gasteiger partial charge in [-0.1, -0.05) is 12.1 Å². The molecule has 0 unspecified atom stereocenters. The van der Waals surface area contributed by atoms with Crippen LogP contribution >= 0.6 is 0 Å². The van der Waals surface area contributed by atoms with Crippen molar-refractivity contribution in [3.05, 3.63) is 58.3 Å². The monoisotopic (exact) mass is 427 g/mol. The smallest absolute Gasteiger partial charge is 0.258 e. The van der Waals surface area contributed by atoms with E-state index >= 15 is 0 Å². The molecular weight excluding hydrogens is 401 g/mol. The van der Waals surface area contributed by atoms with Gasteiger partial charge in [0, 0.05) is 49.5 Å². The maximum atomic E-state index is 13.7. The average Bonchev–Trinajstić information content (AvgIpc) is 2.96. The van der Waals surface area contributed by atoms with E-state index in [-0.39, 0.29) is 36.1 Å². The Morgan fingerprint density at radius 3 is 2.71 bits per heavy atom. The number of aliphatic hydroxyl groups is 1. The normalized spacial score (nSPS) is 27.9. The molecule has 2 fully saturated rings. The molecule has 1 aromatic heterocycles. The van der Waals surface area contributed by atoms with Gasteiger partial charge in [0.2, 0.25) is 5.91 Å². The van der Waals surface area contributed by atoms with Crippen LogP contribution in [0.2, 0.25) is 0 Å². The maximum absolute atomic E-state index is 13.7. The Balaban J connectivity index is 1.57. The molecule has 2 saturated heterocycles. The van der Waals surface area contributed by atoms with Crippen LogP contribution in [0.1, 0.15) is 11.7 Å². The fraction of sp³-hybridized carbons (Fsp3) is 0.478. The van der Waals surface area contributed by atoms with E-state index in [1.54, 1.807) is 22.8 Å². The van der Waals surface area contributed by atoms with Crippen LogP contribution in [0.5, 0.6) is 0 Å². The first-order valence-corrected chi connectivity index (χ1v) is 10.7. The predicted octanol–water partition coefficient (Wildman–Crippen LogP) is 1.11. The molecule has 7 nitrogen and oxygen atoms in total. The van der Waals surface area contributed by atoms with Crippen molar-refractivity contribution in [3.63, 3.8) is 0 Å². The number of halogens is 1. The van der Waals surface area contributed by atoms with Crippen LogP contribution in [0, 0.1) is 17.7 Å². The van der Waals surface area contributed by atoms with Crippen molar-refractivity contribution in [2.75, 3.05) is 40.0 Å². The Labute approximate surface area is 179 Å². The number of fused-ring (bicyclic) bond motifs is 4. The number of hydrogen-bond acceptors (Lipinski definition) is 5. The van der Waals surface area contributed by atoms with Gasteiger partial charge in [-0.3, -0.25) is 14.5 Å². The third-order valence-electron chi connectivity index (χ3n) is 7.09. The number of ether oxygens (including phenoxy) is 1. The molecule has 0 aliphatic carbocycles. The van der Waals surface area contributed by atoms with Gasteiger partial charge in [-0.05, 0) is 36.9 Å². The number of morpholine rings is 1. The number of aromatic nitrogens is 1. The van der Waals surface area contributed by atoms with Crippen LogP contribution in [-0.4, -0.2) is 71.4 Å². The molecule has 1 N–H and O–H groups in total. The number of hydrogen-bond donors (Lipinski definition) is 1. The zero-order valence-corrected chi connectivity index (χ0v) is 17.4. The Morgan fingerprint density at radius 1 is 1.23 bits per heavy atom. The minimum Gasteiger partial charge on any atom is -0.396 e. The topological polar surface area (TPSA) is 75.0 Å². The second-order valence-corrected chi connectivity index (χ2v) is 8.59. The standard InChI is InChI=1S/C23H26FN3O4/c1-25-19-12-27-18(6-5-16(22(27)29)14-3-2-4-15(24)11-14)21(25)20(17(19)13-28)23(30)26-7-9-31-10-8-26/h2-6,11,17,19-21,28H,7-10,12-13H2,1H3/t17-,19-,20+,21+/m1/s1. The number of pyridine rings is 1. The van der Waals surface area contributed by atoms with Crippen molar-refractivity contribution in [3.8, 4) is 11.1 Å². The lowest BCUT2D eigenvalue weighted by Crippen LogP contribution is -2.46. The Morgan fingerprint density at radius 2 is 2.00 bits per heavy atom. The number of carbonyl (C=O) groups excluding carboxylic acids is 1. The Kier molecular flexibility index (Phi) is 5.16. The van der Waals surface area contributed by atoms with E-state index in [9.17, 15) is 19.1 Å². The summed E-state index contributed by atoms with van der Waals surface area (Å²) >= 11 is 0. The second-order valence-electron chi connectivity index (χ2n) is 8.59. The van der Waals surface area contributed by atoms with Crippen LogP contribution in [0.4, 0.5) is 4.39 Å². The van der Waals surface area contributed by atoms with Gasteiger partial charge in [-0.25, -0.2) is 4.39 Å². The largest absolute Gasteiger partial charge is 0.396 e. The minimum atomic E-state index is -0.425. The highest BCUT2D eigenvalue weighted by atomic mass is 19.1. The van der Waals surface area contributed by atoms with Crippen molar-refractivity contribution in [1.29, 1.82) is 0 Å². The lowest BCUT2D eigenvalue weighted by molar-refractivity contribution is -0.142. The van der Waals surface area contributed by atoms with E-state index < -0.39 is 11.7 Å². The summed E-state index contributed by atoms with van der Waals surface area (Å²) in [6, 6.07) is 9.19. The van der Waals surface area contributed by atoms with E-state index in [1.807, 2.05) is 18.0 Å². The summed E-state index contributed by atoms with van der Waals surface area (Å²) in [6.07, 6.45) is 0. The maximum Gasteiger partial charge on any atom is 0.258 e. The van der Waals surface area contributed by atoms with Gasteiger partial charge >= 0.3 is 0 Å². The SMILES string of the molecule is CN1[C@@H]2Cn3c(ccc(-c4cccc(F)c4)c3=O)[C@H]1[C@@H](C(=O)N1CCOCC1)[C@@H]2CO. The molecule has 164 valence electrons. The summed E-state index contributed by atoms with van der Waals surface area (Å²) in [7, 11) is 1.96. The number of amides is 1. The zero-order valence-electron chi connectivity index (χ0n) is 17.4. The molecule has 4 atom stereocenters. The van der Waals surface area contributed by atoms with E-state index in [0.717, 1.165) is 5.69 Å². The highest BCUT2D eigenvalue weighted by Gasteiger charge is 2.55. The van der Waals surface area contributed by atoms with E-state index in [0.29, 0.717) is 44.0 Å². The fourth-order valence-corrected chi connectivity index (χ4v) is 5.54. The zero-order chi connectivity index (χ0) is 21.7. The average molecular weight is 427 g/mol. The molecule has 0 saturated carbocycles. The molecule has 2 bridgehead atoms. The fourth-order valence-electron chi connectivity index (χ4n) is 5.54. The van der Waals surface area contributed by atoms with Gasteiger partial charge < -0.3 is 19.3 Å². The minimum absolute atomic E-state index is 0.0109. The van der Waals surface area contributed by atoms with Gasteiger partial charge in [0.15, 0.2) is 0 Å². The summed E-state index contributed by atoms with van der Waals surface area (Å²) in [4.78, 5) is 30.8. The van der Waals surface area contributed by atoms with Gasteiger partial charge in [0.05, 0.1) is 25.2 Å². The number of benzene rings is 1. The van der Waals surface area contributed by atoms with E-state index in [1.165, 1.54) is 12.1 Å². The summed E-state index contributed by atoms with van der Waals surface area (Å²) < 4.78 is 20.8. The molecule has 4 heterocycles. The lowest BCUT2D eigenvalue weighted by Gasteiger charge is -2.36. The molecule has 3 aliphatic rings. The summed E-state index contributed by atoms with van der Waals surface area (Å²) in [6.45, 7) is 2.38. The third kappa shape index (κ3) is 3.21. The van der Waals surface area contributed by atoms with Gasteiger partial charge in [-0.2, -0.15) is 0 Å². The molecular formula is C23H26FN3O4. The molecule has 0 spiro atoms. The van der Waals surface area contributed by atoms with Gasteiger partial charge in [0.25, 0.3) is 5.56 Å². The molecule has 31 heavy (non-hydrogen) atoms. The van der Waals surface area contributed by atoms with Gasteiger partial charge in [-0.15, -0.1) is 0 Å². The number of rotatable bonds is 3. The number of aliphatic hydroxyl groups excluding tert-OH is 1. The van der Waals surface area contributed by atoms with Crippen molar-refractivity contribution in [2.24, 2.45) is 11.8 Å². The molecule has 2 aromatic rings. The quantitative estimate of drug-likeness (QED) is 0.794. The predicted molar refractivity (Wildman–Crippen MR) is 112 cm³/mol. The second kappa shape index (κ2) is 7.85. The highest BCUT2D eigenvalue weighted by molar-refractivity contribution is 5.81. The molecule has 8 heteroatoms. The summed E-state index contributed by atoms with van der Waals surface area (Å²) in [5.74, 6) is -1.07. The summed E-state index contributed by atoms with van der Waals surface area (Å²) in [5, 5.41) is 10.2. The Bertz CT molecular complexity index is 1070. The van der Waals surface area contributed by atoms with Crippen molar-refractivity contribution < 1.29 is 19.0 Å². The first-order valence-electron chi connectivity index (χ1n) is 10.7. The molecule has 5 rings (SSSR count). The van der Waals surface area contributed by atoms with E-state index in [2.05, 4.69) is 4.90 Å². The van der Waals surface area contributed by atoms with Crippen LogP contribution in [-0.2, 0) is 16.1 Å². The summed E-state index contributed by atoms with van der Waals surface area (Å²) in [5.41, 5.74) is 1.55. The van der Waals surface area contributed by atoms with Crippen molar-refractivity contribution in [1.82, 2.24) is 14.4 Å². The molecule has 0 radical (unpaired) electrons. The lowest BCUT2D eigenvalue weighted by atomic mass is 9.86. The Hall–Kier alpha value is -2.55. The number of likely N-dealkylation sites (N-methyl/N-ethyl adjacent to an activating group) is 1.